The molecule has 0 unspecified atom stereocenters. The Morgan fingerprint density at radius 1 is 1.60 bits per heavy atom. The van der Waals surface area contributed by atoms with E-state index in [4.69, 9.17) is 0 Å². The van der Waals surface area contributed by atoms with Crippen molar-refractivity contribution in [3.63, 3.8) is 0 Å². The van der Waals surface area contributed by atoms with Crippen LogP contribution in [0.5, 0.6) is 0 Å². The maximum Gasteiger partial charge on any atom is 0.250 e. The largest absolute Gasteiger partial charge is 0.387 e. The van der Waals surface area contributed by atoms with E-state index in [1.807, 2.05) is 7.05 Å². The number of H-pyrrole nitrogens is 1. The molecule has 1 aromatic heterocycles. The van der Waals surface area contributed by atoms with Crippen LogP contribution in [0.3, 0.4) is 0 Å². The zero-order valence-corrected chi connectivity index (χ0v) is 6.06. The highest BCUT2D eigenvalue weighted by atomic mass is 16.1. The van der Waals surface area contributed by atoms with Crippen molar-refractivity contribution in [2.24, 2.45) is 0 Å². The van der Waals surface area contributed by atoms with Gasteiger partial charge in [-0.1, -0.05) is 0 Å². The lowest BCUT2D eigenvalue weighted by Crippen LogP contribution is -2.08. The summed E-state index contributed by atoms with van der Waals surface area (Å²) in [7, 11) is 1.81. The van der Waals surface area contributed by atoms with Gasteiger partial charge in [0, 0.05) is 18.8 Å². The Kier molecular flexibility index (Phi) is 1.76. The van der Waals surface area contributed by atoms with Crippen LogP contribution in [0.15, 0.2) is 17.1 Å². The third-order valence-corrected chi connectivity index (χ3v) is 1.38. The molecule has 0 atom stereocenters. The first-order valence-corrected chi connectivity index (χ1v) is 3.11. The minimum Gasteiger partial charge on any atom is -0.387 e. The predicted octanol–water partition coefficient (Wildman–Crippen LogP) is 0.725. The summed E-state index contributed by atoms with van der Waals surface area (Å²) in [6, 6.07) is 1.80. The molecule has 0 saturated heterocycles. The fraction of sp³-hybridized carbons (Fsp3) is 0.286. The molecular weight excluding hydrogens is 128 g/mol. The Morgan fingerprint density at radius 2 is 2.30 bits per heavy atom. The quantitative estimate of drug-likeness (QED) is 0.600. The first kappa shape index (κ1) is 6.86. The van der Waals surface area contributed by atoms with Crippen molar-refractivity contribution in [2.75, 3.05) is 12.4 Å². The molecule has 3 nitrogen and oxygen atoms in total. The van der Waals surface area contributed by atoms with E-state index < -0.39 is 0 Å². The second-order valence-electron chi connectivity index (χ2n) is 2.15. The number of aromatic nitrogens is 1. The van der Waals surface area contributed by atoms with Crippen LogP contribution in [0, 0.1) is 6.92 Å². The second-order valence-corrected chi connectivity index (χ2v) is 2.15. The van der Waals surface area contributed by atoms with Gasteiger partial charge in [-0.25, -0.2) is 0 Å². The molecule has 0 spiro atoms. The number of aromatic amines is 1. The van der Waals surface area contributed by atoms with Crippen LogP contribution in [0.1, 0.15) is 5.56 Å². The highest BCUT2D eigenvalue weighted by Crippen LogP contribution is 2.01. The fourth-order valence-electron chi connectivity index (χ4n) is 0.742. The van der Waals surface area contributed by atoms with Gasteiger partial charge in [-0.15, -0.1) is 0 Å². The number of rotatable bonds is 1. The van der Waals surface area contributed by atoms with Crippen molar-refractivity contribution in [1.29, 1.82) is 0 Å². The molecule has 1 rings (SSSR count). The SMILES string of the molecule is CNc1c[nH]c(=O)c(C)c1. The van der Waals surface area contributed by atoms with E-state index in [2.05, 4.69) is 10.3 Å². The van der Waals surface area contributed by atoms with Crippen LogP contribution in [0.2, 0.25) is 0 Å². The highest BCUT2D eigenvalue weighted by molar-refractivity contribution is 5.41. The Morgan fingerprint density at radius 3 is 2.80 bits per heavy atom. The van der Waals surface area contributed by atoms with Crippen molar-refractivity contribution < 1.29 is 0 Å². The molecule has 0 saturated carbocycles. The summed E-state index contributed by atoms with van der Waals surface area (Å²) >= 11 is 0. The summed E-state index contributed by atoms with van der Waals surface area (Å²) in [6.07, 6.45) is 1.65. The standard InChI is InChI=1S/C7H10N2O/c1-5-3-6(8-2)4-9-7(5)10/h3-4,8H,1-2H3,(H,9,10). The summed E-state index contributed by atoms with van der Waals surface area (Å²) in [5.41, 5.74) is 1.63. The smallest absolute Gasteiger partial charge is 0.250 e. The summed E-state index contributed by atoms with van der Waals surface area (Å²) < 4.78 is 0. The van der Waals surface area contributed by atoms with Gasteiger partial charge in [0.05, 0.1) is 5.69 Å². The summed E-state index contributed by atoms with van der Waals surface area (Å²) in [5, 5.41) is 2.92. The fourth-order valence-corrected chi connectivity index (χ4v) is 0.742. The van der Waals surface area contributed by atoms with Gasteiger partial charge in [0.15, 0.2) is 0 Å². The average molecular weight is 138 g/mol. The molecule has 1 aromatic rings. The first-order chi connectivity index (χ1) is 4.74. The Balaban J connectivity index is 3.17. The number of hydrogen-bond acceptors (Lipinski definition) is 2. The molecule has 0 amide bonds. The van der Waals surface area contributed by atoms with Crippen molar-refractivity contribution >= 4 is 5.69 Å². The van der Waals surface area contributed by atoms with Crippen LogP contribution in [-0.2, 0) is 0 Å². The molecule has 2 N–H and O–H groups in total. The van der Waals surface area contributed by atoms with Crippen molar-refractivity contribution in [2.45, 2.75) is 6.92 Å². The van der Waals surface area contributed by atoms with Crippen molar-refractivity contribution in [1.82, 2.24) is 4.98 Å². The van der Waals surface area contributed by atoms with Crippen LogP contribution in [0.4, 0.5) is 5.69 Å². The maximum atomic E-state index is 10.8. The van der Waals surface area contributed by atoms with Crippen LogP contribution in [-0.4, -0.2) is 12.0 Å². The highest BCUT2D eigenvalue weighted by Gasteiger charge is 1.92. The molecule has 1 heterocycles. The number of aryl methyl sites for hydroxylation is 1. The topological polar surface area (TPSA) is 44.9 Å². The molecule has 0 radical (unpaired) electrons. The molecular formula is C7H10N2O. The van der Waals surface area contributed by atoms with Gasteiger partial charge in [-0.3, -0.25) is 4.79 Å². The Labute approximate surface area is 59.1 Å². The van der Waals surface area contributed by atoms with Crippen LogP contribution in [0.25, 0.3) is 0 Å². The van der Waals surface area contributed by atoms with Gasteiger partial charge in [-0.2, -0.15) is 0 Å². The summed E-state index contributed by atoms with van der Waals surface area (Å²) in [6.45, 7) is 1.78. The molecule has 0 aliphatic rings. The molecule has 0 bridgehead atoms. The van der Waals surface area contributed by atoms with Gasteiger partial charge in [0.2, 0.25) is 0 Å². The predicted molar refractivity (Wildman–Crippen MR) is 41.3 cm³/mol. The van der Waals surface area contributed by atoms with Crippen molar-refractivity contribution in [3.8, 4) is 0 Å². The minimum atomic E-state index is -0.0287. The Hall–Kier alpha value is -1.25. The Bertz CT molecular complexity index is 277. The second kappa shape index (κ2) is 2.56. The molecule has 54 valence electrons. The third-order valence-electron chi connectivity index (χ3n) is 1.38. The number of anilines is 1. The molecule has 0 aliphatic heterocycles. The van der Waals surface area contributed by atoms with E-state index in [1.54, 1.807) is 19.2 Å². The third kappa shape index (κ3) is 1.18. The monoisotopic (exact) mass is 138 g/mol. The normalized spacial score (nSPS) is 9.40. The van der Waals surface area contributed by atoms with Gasteiger partial charge < -0.3 is 10.3 Å². The lowest BCUT2D eigenvalue weighted by molar-refractivity contribution is 1.18. The van der Waals surface area contributed by atoms with E-state index >= 15 is 0 Å². The number of hydrogen-bond donors (Lipinski definition) is 2. The van der Waals surface area contributed by atoms with Gasteiger partial charge in [0.1, 0.15) is 0 Å². The zero-order valence-electron chi connectivity index (χ0n) is 6.06. The summed E-state index contributed by atoms with van der Waals surface area (Å²) in [5.74, 6) is 0. The molecule has 3 heteroatoms. The van der Waals surface area contributed by atoms with E-state index in [9.17, 15) is 4.79 Å². The van der Waals surface area contributed by atoms with Crippen LogP contribution >= 0.6 is 0 Å². The zero-order chi connectivity index (χ0) is 7.56. The molecule has 0 aliphatic carbocycles. The average Bonchev–Trinajstić information content (AvgIpc) is 1.95. The van der Waals surface area contributed by atoms with Gasteiger partial charge >= 0.3 is 0 Å². The summed E-state index contributed by atoms with van der Waals surface area (Å²) in [4.78, 5) is 13.4. The maximum absolute atomic E-state index is 10.8. The van der Waals surface area contributed by atoms with E-state index in [0.29, 0.717) is 0 Å². The molecule has 10 heavy (non-hydrogen) atoms. The first-order valence-electron chi connectivity index (χ1n) is 3.11. The van der Waals surface area contributed by atoms with Crippen molar-refractivity contribution in [3.05, 3.63) is 28.2 Å². The van der Waals surface area contributed by atoms with Crippen LogP contribution < -0.4 is 10.9 Å². The van der Waals surface area contributed by atoms with E-state index in [1.165, 1.54) is 0 Å². The molecule has 0 fully saturated rings. The molecule has 0 aromatic carbocycles. The van der Waals surface area contributed by atoms with Gasteiger partial charge in [0.25, 0.3) is 5.56 Å². The lowest BCUT2D eigenvalue weighted by atomic mass is 10.3. The lowest BCUT2D eigenvalue weighted by Gasteiger charge is -1.98. The minimum absolute atomic E-state index is 0.0287. The van der Waals surface area contributed by atoms with E-state index in [0.717, 1.165) is 11.3 Å². The number of pyridine rings is 1. The van der Waals surface area contributed by atoms with Gasteiger partial charge in [-0.05, 0) is 13.0 Å². The van der Waals surface area contributed by atoms with E-state index in [-0.39, 0.29) is 5.56 Å². The number of nitrogens with one attached hydrogen (secondary N) is 2.